The van der Waals surface area contributed by atoms with Crippen molar-refractivity contribution in [2.75, 3.05) is 0 Å². The van der Waals surface area contributed by atoms with Crippen LogP contribution in [-0.4, -0.2) is 17.7 Å². The van der Waals surface area contributed by atoms with Gasteiger partial charge in [-0.2, -0.15) is 0 Å². The van der Waals surface area contributed by atoms with Gasteiger partial charge in [-0.15, -0.1) is 0 Å². The maximum atomic E-state index is 11.2. The van der Waals surface area contributed by atoms with Gasteiger partial charge in [-0.05, 0) is 30.2 Å². The third-order valence-corrected chi connectivity index (χ3v) is 3.39. The zero-order valence-corrected chi connectivity index (χ0v) is 18.5. The van der Waals surface area contributed by atoms with Crippen molar-refractivity contribution in [1.82, 2.24) is 0 Å². The van der Waals surface area contributed by atoms with Gasteiger partial charge < -0.3 is 19.8 Å². The van der Waals surface area contributed by atoms with E-state index in [4.69, 9.17) is 0 Å². The quantitative estimate of drug-likeness (QED) is 0.506. The van der Waals surface area contributed by atoms with Crippen LogP contribution in [-0.2, 0) is 5.41 Å². The monoisotopic (exact) mass is 323 g/mol. The molecule has 1 aliphatic heterocycles. The number of carbonyl (C=O) groups is 2. The van der Waals surface area contributed by atoms with Gasteiger partial charge in [-0.1, -0.05) is 13.8 Å². The zero-order valence-electron chi connectivity index (χ0n) is 12.2. The largest absolute Gasteiger partial charge is 1.00 e. The molecule has 0 amide bonds. The maximum Gasteiger partial charge on any atom is 1.00 e. The van der Waals surface area contributed by atoms with Crippen LogP contribution in [0.2, 0.25) is 0 Å². The summed E-state index contributed by atoms with van der Waals surface area (Å²) >= 11 is 0. The molecule has 0 atom stereocenters. The fourth-order valence-electron chi connectivity index (χ4n) is 2.15. The number of aromatic carboxylic acids is 2. The van der Waals surface area contributed by atoms with Gasteiger partial charge in [0.15, 0.2) is 0 Å². The average molecular weight is 323 g/mol. The minimum absolute atomic E-state index is 0. The predicted molar refractivity (Wildman–Crippen MR) is 60.9 cm³/mol. The summed E-state index contributed by atoms with van der Waals surface area (Å²) < 4.78 is 0. The molecule has 0 aliphatic carbocycles. The Labute approximate surface area is 202 Å². The second-order valence-electron chi connectivity index (χ2n) is 4.82. The van der Waals surface area contributed by atoms with Crippen LogP contribution in [0.15, 0.2) is 17.1 Å². The normalized spacial score (nSPS) is 14.4. The van der Waals surface area contributed by atoms with Crippen molar-refractivity contribution < 1.29 is 123 Å². The van der Waals surface area contributed by atoms with E-state index in [-0.39, 0.29) is 114 Å². The van der Waals surface area contributed by atoms with Crippen molar-refractivity contribution in [3.8, 4) is 0 Å². The molecule has 94 valence electrons. The first-order valence-corrected chi connectivity index (χ1v) is 5.42. The molecule has 0 radical (unpaired) electrons. The van der Waals surface area contributed by atoms with Gasteiger partial charge in [0.05, 0.1) is 17.6 Å². The van der Waals surface area contributed by atoms with Crippen LogP contribution in [0.4, 0.5) is 5.69 Å². The second kappa shape index (κ2) is 7.58. The van der Waals surface area contributed by atoms with Gasteiger partial charge in [0.2, 0.25) is 0 Å². The summed E-state index contributed by atoms with van der Waals surface area (Å²) in [4.78, 5) is 26.2. The third-order valence-electron chi connectivity index (χ3n) is 3.39. The Morgan fingerprint density at radius 2 is 1.65 bits per heavy atom. The standard InChI is InChI=1S/C13H13NO4.2K/c1-6-13(2,3)10-8(12(17)18)4-7(11(15)16)5-9(10)14-6;;/h4-5H,1-3H3,(H,15,16)(H,17,18);;/q;2*+1/p-2. The number of hydrogen-bond donors (Lipinski definition) is 0. The Hall–Kier alpha value is 1.10. The molecule has 0 saturated carbocycles. The van der Waals surface area contributed by atoms with Gasteiger partial charge >= 0.3 is 103 Å². The van der Waals surface area contributed by atoms with Gasteiger partial charge in [0.25, 0.3) is 0 Å². The Bertz CT molecular complexity index is 609. The SMILES string of the molecule is CC1=Nc2cc(C(=O)[O-])cc(C(=O)[O-])c2C1(C)C.[K+].[K+]. The van der Waals surface area contributed by atoms with Crippen molar-refractivity contribution in [3.63, 3.8) is 0 Å². The van der Waals surface area contributed by atoms with E-state index >= 15 is 0 Å². The molecule has 0 saturated heterocycles. The van der Waals surface area contributed by atoms with Gasteiger partial charge in [0.1, 0.15) is 0 Å². The first-order valence-electron chi connectivity index (χ1n) is 5.42. The molecule has 0 unspecified atom stereocenters. The van der Waals surface area contributed by atoms with Gasteiger partial charge in [0, 0.05) is 16.7 Å². The van der Waals surface area contributed by atoms with Crippen molar-refractivity contribution in [3.05, 3.63) is 28.8 Å². The Morgan fingerprint density at radius 3 is 2.10 bits per heavy atom. The summed E-state index contributed by atoms with van der Waals surface area (Å²) in [6.07, 6.45) is 0. The van der Waals surface area contributed by atoms with E-state index in [2.05, 4.69) is 4.99 Å². The molecule has 1 heterocycles. The summed E-state index contributed by atoms with van der Waals surface area (Å²) in [6, 6.07) is 2.40. The van der Waals surface area contributed by atoms with E-state index in [1.807, 2.05) is 13.8 Å². The molecule has 0 aromatic heterocycles. The van der Waals surface area contributed by atoms with Crippen LogP contribution in [0.3, 0.4) is 0 Å². The third kappa shape index (κ3) is 3.71. The topological polar surface area (TPSA) is 92.6 Å². The molecule has 1 aromatic carbocycles. The fourth-order valence-corrected chi connectivity index (χ4v) is 2.15. The molecule has 5 nitrogen and oxygen atoms in total. The first-order chi connectivity index (χ1) is 8.25. The maximum absolute atomic E-state index is 11.2. The van der Waals surface area contributed by atoms with Crippen LogP contribution >= 0.6 is 0 Å². The molecule has 0 bridgehead atoms. The van der Waals surface area contributed by atoms with Gasteiger partial charge in [-0.25, -0.2) is 0 Å². The molecule has 1 aliphatic rings. The molecule has 0 spiro atoms. The fraction of sp³-hybridized carbons (Fsp3) is 0.308. The summed E-state index contributed by atoms with van der Waals surface area (Å²) in [6.45, 7) is 5.45. The number of hydrogen-bond acceptors (Lipinski definition) is 5. The molecule has 0 N–H and O–H groups in total. The minimum Gasteiger partial charge on any atom is -0.545 e. The van der Waals surface area contributed by atoms with E-state index in [0.717, 1.165) is 11.8 Å². The second-order valence-corrected chi connectivity index (χ2v) is 4.82. The van der Waals surface area contributed by atoms with Crippen LogP contribution in [0, 0.1) is 0 Å². The minimum atomic E-state index is -1.43. The van der Waals surface area contributed by atoms with Crippen molar-refractivity contribution in [1.29, 1.82) is 0 Å². The van der Waals surface area contributed by atoms with E-state index in [1.165, 1.54) is 6.07 Å². The van der Waals surface area contributed by atoms with Crippen LogP contribution in [0.1, 0.15) is 47.1 Å². The number of fused-ring (bicyclic) bond motifs is 1. The van der Waals surface area contributed by atoms with E-state index < -0.39 is 17.4 Å². The number of carboxylic acid groups (broad SMARTS) is 2. The number of benzene rings is 1. The van der Waals surface area contributed by atoms with Crippen LogP contribution in [0.5, 0.6) is 0 Å². The molecule has 7 heteroatoms. The predicted octanol–water partition coefficient (Wildman–Crippen LogP) is -6.19. The summed E-state index contributed by atoms with van der Waals surface area (Å²) in [5.74, 6) is -2.84. The Balaban J connectivity index is 0.00000180. The smallest absolute Gasteiger partial charge is 0.545 e. The number of carboxylic acids is 2. The summed E-state index contributed by atoms with van der Waals surface area (Å²) in [5, 5.41) is 22.0. The summed E-state index contributed by atoms with van der Waals surface area (Å²) in [7, 11) is 0. The average Bonchev–Trinajstić information content (AvgIpc) is 2.48. The first kappa shape index (κ1) is 21.1. The number of carbonyl (C=O) groups excluding carboxylic acids is 2. The Kier molecular flexibility index (Phi) is 8.00. The summed E-state index contributed by atoms with van der Waals surface area (Å²) in [5.41, 5.74) is 0.688. The number of nitrogens with zero attached hydrogens (tertiary/aromatic N) is 1. The van der Waals surface area contributed by atoms with Crippen LogP contribution < -0.4 is 113 Å². The zero-order chi connectivity index (χ0) is 13.7. The van der Waals surface area contributed by atoms with E-state index in [0.29, 0.717) is 11.3 Å². The van der Waals surface area contributed by atoms with Crippen molar-refractivity contribution in [2.24, 2.45) is 4.99 Å². The van der Waals surface area contributed by atoms with Crippen LogP contribution in [0.25, 0.3) is 0 Å². The Morgan fingerprint density at radius 1 is 1.10 bits per heavy atom. The van der Waals surface area contributed by atoms with Gasteiger partial charge in [-0.3, -0.25) is 4.99 Å². The number of rotatable bonds is 2. The molecular weight excluding hydrogens is 312 g/mol. The molecular formula is C13H11K2NO4. The van der Waals surface area contributed by atoms with E-state index in [1.54, 1.807) is 6.92 Å². The molecule has 20 heavy (non-hydrogen) atoms. The van der Waals surface area contributed by atoms with Crippen molar-refractivity contribution >= 4 is 23.3 Å². The molecule has 0 fully saturated rings. The van der Waals surface area contributed by atoms with E-state index in [9.17, 15) is 19.8 Å². The molecule has 1 aromatic rings. The van der Waals surface area contributed by atoms with Crippen molar-refractivity contribution in [2.45, 2.75) is 26.2 Å². The number of aliphatic imine (C=N–C) groups is 1. The molecule has 2 rings (SSSR count).